The van der Waals surface area contributed by atoms with Crippen LogP contribution >= 0.6 is 11.8 Å². The molecule has 1 aliphatic rings. The first-order valence-electron chi connectivity index (χ1n) is 7.78. The number of nitrogens with zero attached hydrogens (tertiary/aromatic N) is 1. The molecule has 1 fully saturated rings. The summed E-state index contributed by atoms with van der Waals surface area (Å²) in [6.45, 7) is 7.60. The van der Waals surface area contributed by atoms with Crippen LogP contribution in [0.15, 0.2) is 29.2 Å². The maximum absolute atomic E-state index is 12.8. The van der Waals surface area contributed by atoms with E-state index in [1.165, 1.54) is 12.8 Å². The summed E-state index contributed by atoms with van der Waals surface area (Å²) in [4.78, 5) is 15.8. The van der Waals surface area contributed by atoms with Gasteiger partial charge in [-0.15, -0.1) is 11.8 Å². The Kier molecular flexibility index (Phi) is 6.12. The van der Waals surface area contributed by atoms with Crippen molar-refractivity contribution in [3.05, 3.63) is 29.8 Å². The standard InChI is InChI=1S/C17H25NO2S/c1-4-5-10-21-16-9-7-6-8-15(16)17(19)18-11-13(2)20-14(3)12-18/h6-9,13-14H,4-5,10-12H2,1-3H3/t13-,14-/m0/s1. The molecule has 1 aromatic rings. The van der Waals surface area contributed by atoms with Gasteiger partial charge in [-0.2, -0.15) is 0 Å². The number of hydrogen-bond acceptors (Lipinski definition) is 3. The quantitative estimate of drug-likeness (QED) is 0.611. The second-order valence-corrected chi connectivity index (χ2v) is 6.80. The molecule has 1 saturated heterocycles. The fourth-order valence-corrected chi connectivity index (χ4v) is 3.75. The number of thioether (sulfide) groups is 1. The molecule has 1 aromatic carbocycles. The second kappa shape index (κ2) is 7.85. The lowest BCUT2D eigenvalue weighted by Crippen LogP contribution is -2.48. The van der Waals surface area contributed by atoms with Crippen molar-refractivity contribution in [1.29, 1.82) is 0 Å². The van der Waals surface area contributed by atoms with Gasteiger partial charge in [0.2, 0.25) is 0 Å². The van der Waals surface area contributed by atoms with Gasteiger partial charge in [0.15, 0.2) is 0 Å². The first-order valence-corrected chi connectivity index (χ1v) is 8.77. The monoisotopic (exact) mass is 307 g/mol. The third-order valence-electron chi connectivity index (χ3n) is 3.58. The third kappa shape index (κ3) is 4.48. The zero-order valence-electron chi connectivity index (χ0n) is 13.2. The zero-order valence-corrected chi connectivity index (χ0v) is 14.0. The number of unbranched alkanes of at least 4 members (excludes halogenated alkanes) is 1. The van der Waals surface area contributed by atoms with E-state index in [0.29, 0.717) is 13.1 Å². The van der Waals surface area contributed by atoms with E-state index in [1.54, 1.807) is 11.8 Å². The number of morpholine rings is 1. The van der Waals surface area contributed by atoms with E-state index in [1.807, 2.05) is 36.9 Å². The summed E-state index contributed by atoms with van der Waals surface area (Å²) in [6.07, 6.45) is 2.58. The van der Waals surface area contributed by atoms with E-state index in [-0.39, 0.29) is 18.1 Å². The fourth-order valence-electron chi connectivity index (χ4n) is 2.61. The van der Waals surface area contributed by atoms with Gasteiger partial charge in [0.05, 0.1) is 17.8 Å². The van der Waals surface area contributed by atoms with Crippen LogP contribution in [0.25, 0.3) is 0 Å². The second-order valence-electron chi connectivity index (χ2n) is 5.67. The Morgan fingerprint density at radius 3 is 2.62 bits per heavy atom. The lowest BCUT2D eigenvalue weighted by Gasteiger charge is -2.35. The Balaban J connectivity index is 2.11. The molecular formula is C17H25NO2S. The summed E-state index contributed by atoms with van der Waals surface area (Å²) in [5.41, 5.74) is 0.833. The van der Waals surface area contributed by atoms with Gasteiger partial charge < -0.3 is 9.64 Å². The summed E-state index contributed by atoms with van der Waals surface area (Å²) in [6, 6.07) is 7.96. The van der Waals surface area contributed by atoms with Crippen LogP contribution in [0.4, 0.5) is 0 Å². The first kappa shape index (κ1) is 16.4. The SMILES string of the molecule is CCCCSc1ccccc1C(=O)N1C[C@H](C)O[C@@H](C)C1. The van der Waals surface area contributed by atoms with Gasteiger partial charge >= 0.3 is 0 Å². The van der Waals surface area contributed by atoms with Crippen LogP contribution in [0.3, 0.4) is 0 Å². The summed E-state index contributed by atoms with van der Waals surface area (Å²) in [5.74, 6) is 1.20. The van der Waals surface area contributed by atoms with Gasteiger partial charge in [-0.3, -0.25) is 4.79 Å². The van der Waals surface area contributed by atoms with Gasteiger partial charge in [-0.05, 0) is 38.2 Å². The van der Waals surface area contributed by atoms with Crippen molar-refractivity contribution >= 4 is 17.7 Å². The molecule has 1 amide bonds. The molecule has 0 aromatic heterocycles. The Morgan fingerprint density at radius 1 is 1.29 bits per heavy atom. The van der Waals surface area contributed by atoms with E-state index < -0.39 is 0 Å². The summed E-state index contributed by atoms with van der Waals surface area (Å²) in [5, 5.41) is 0. The largest absolute Gasteiger partial charge is 0.372 e. The van der Waals surface area contributed by atoms with Crippen LogP contribution in [0.5, 0.6) is 0 Å². The molecule has 4 heteroatoms. The molecule has 2 atom stereocenters. The molecule has 0 unspecified atom stereocenters. The average molecular weight is 307 g/mol. The molecule has 0 aliphatic carbocycles. The molecule has 0 radical (unpaired) electrons. The normalized spacial score (nSPS) is 22.3. The van der Waals surface area contributed by atoms with Gasteiger partial charge in [0.25, 0.3) is 5.91 Å². The highest BCUT2D eigenvalue weighted by molar-refractivity contribution is 7.99. The van der Waals surface area contributed by atoms with Gasteiger partial charge in [0, 0.05) is 18.0 Å². The Hall–Kier alpha value is -1.00. The highest BCUT2D eigenvalue weighted by atomic mass is 32.2. The molecule has 1 aliphatic heterocycles. The molecular weight excluding hydrogens is 282 g/mol. The summed E-state index contributed by atoms with van der Waals surface area (Å²) in [7, 11) is 0. The van der Waals surface area contributed by atoms with Crippen LogP contribution < -0.4 is 0 Å². The van der Waals surface area contributed by atoms with E-state index in [0.717, 1.165) is 16.2 Å². The maximum atomic E-state index is 12.8. The van der Waals surface area contributed by atoms with Crippen molar-refractivity contribution < 1.29 is 9.53 Å². The molecule has 2 rings (SSSR count). The molecule has 0 spiro atoms. The van der Waals surface area contributed by atoms with Crippen LogP contribution in [0.1, 0.15) is 44.0 Å². The van der Waals surface area contributed by atoms with Crippen LogP contribution in [0, 0.1) is 0 Å². The van der Waals surface area contributed by atoms with Gasteiger partial charge in [0.1, 0.15) is 0 Å². The molecule has 1 heterocycles. The highest BCUT2D eigenvalue weighted by Crippen LogP contribution is 2.26. The van der Waals surface area contributed by atoms with Crippen LogP contribution in [0.2, 0.25) is 0 Å². The first-order chi connectivity index (χ1) is 10.1. The molecule has 116 valence electrons. The topological polar surface area (TPSA) is 29.5 Å². The number of rotatable bonds is 5. The molecule has 0 N–H and O–H groups in total. The van der Waals surface area contributed by atoms with Crippen molar-refractivity contribution in [1.82, 2.24) is 4.90 Å². The zero-order chi connectivity index (χ0) is 15.2. The lowest BCUT2D eigenvalue weighted by atomic mass is 10.1. The van der Waals surface area contributed by atoms with Crippen molar-refractivity contribution in [3.8, 4) is 0 Å². The minimum atomic E-state index is 0.109. The van der Waals surface area contributed by atoms with Crippen molar-refractivity contribution in [2.75, 3.05) is 18.8 Å². The Morgan fingerprint density at radius 2 is 1.95 bits per heavy atom. The number of carbonyl (C=O) groups excluding carboxylic acids is 1. The van der Waals surface area contributed by atoms with E-state index in [4.69, 9.17) is 4.74 Å². The van der Waals surface area contributed by atoms with Crippen molar-refractivity contribution in [3.63, 3.8) is 0 Å². The van der Waals surface area contributed by atoms with E-state index >= 15 is 0 Å². The van der Waals surface area contributed by atoms with Crippen molar-refractivity contribution in [2.24, 2.45) is 0 Å². The summed E-state index contributed by atoms with van der Waals surface area (Å²) < 4.78 is 5.71. The van der Waals surface area contributed by atoms with Gasteiger partial charge in [-0.25, -0.2) is 0 Å². The molecule has 21 heavy (non-hydrogen) atoms. The number of benzene rings is 1. The third-order valence-corrected chi connectivity index (χ3v) is 4.74. The predicted molar refractivity (Wildman–Crippen MR) is 88.0 cm³/mol. The number of hydrogen-bond donors (Lipinski definition) is 0. The maximum Gasteiger partial charge on any atom is 0.255 e. The predicted octanol–water partition coefficient (Wildman–Crippen LogP) is 3.83. The van der Waals surface area contributed by atoms with Crippen molar-refractivity contribution in [2.45, 2.75) is 50.7 Å². The van der Waals surface area contributed by atoms with Gasteiger partial charge in [-0.1, -0.05) is 25.5 Å². The lowest BCUT2D eigenvalue weighted by molar-refractivity contribution is -0.0586. The van der Waals surface area contributed by atoms with Crippen LogP contribution in [-0.2, 0) is 4.74 Å². The highest BCUT2D eigenvalue weighted by Gasteiger charge is 2.27. The molecule has 0 saturated carbocycles. The van der Waals surface area contributed by atoms with E-state index in [9.17, 15) is 4.79 Å². The minimum Gasteiger partial charge on any atom is -0.372 e. The molecule has 0 bridgehead atoms. The number of amides is 1. The van der Waals surface area contributed by atoms with Crippen LogP contribution in [-0.4, -0.2) is 41.9 Å². The Bertz CT molecular complexity index is 468. The minimum absolute atomic E-state index is 0.109. The Labute approximate surface area is 132 Å². The summed E-state index contributed by atoms with van der Waals surface area (Å²) >= 11 is 1.79. The van der Waals surface area contributed by atoms with E-state index in [2.05, 4.69) is 13.0 Å². The number of ether oxygens (including phenoxy) is 1. The fraction of sp³-hybridized carbons (Fsp3) is 0.588. The smallest absolute Gasteiger partial charge is 0.255 e. The number of carbonyl (C=O) groups is 1. The average Bonchev–Trinajstić information content (AvgIpc) is 2.46. The molecule has 3 nitrogen and oxygen atoms in total.